The van der Waals surface area contributed by atoms with E-state index in [0.717, 1.165) is 0 Å². The Morgan fingerprint density at radius 2 is 1.37 bits per heavy atom. The summed E-state index contributed by atoms with van der Waals surface area (Å²) in [7, 11) is 4.93. The topological polar surface area (TPSA) is 126 Å². The average Bonchev–Trinajstić information content (AvgIpc) is 3.10. The highest BCUT2D eigenvalue weighted by Gasteiger charge is 2.47. The zero-order valence-corrected chi connectivity index (χ0v) is 19.0. The lowest BCUT2D eigenvalue weighted by Crippen LogP contribution is -2.40. The minimum atomic E-state index is -1.36. The van der Waals surface area contributed by atoms with Gasteiger partial charge in [-0.1, -0.05) is 0 Å². The summed E-state index contributed by atoms with van der Waals surface area (Å²) < 4.78 is 18.0. The van der Waals surface area contributed by atoms with E-state index in [1.54, 1.807) is 4.90 Å². The Morgan fingerprint density at radius 3 is 1.67 bits per heavy atom. The summed E-state index contributed by atoms with van der Waals surface area (Å²) in [4.78, 5) is 58.6. The second kappa shape index (κ2) is 12.1. The second-order valence-electron chi connectivity index (χ2n) is 7.50. The van der Waals surface area contributed by atoms with Crippen LogP contribution in [0.5, 0.6) is 0 Å². The SMILES string of the molecule is COC(=O)C(C)(C[C@H]1CC(=O)N(C(C)C)C1)C(=O)OC.COC(=O)C(C)C(=O)OC. The first kappa shape index (κ1) is 27.4. The van der Waals surface area contributed by atoms with Gasteiger partial charge in [-0.15, -0.1) is 0 Å². The average molecular weight is 431 g/mol. The van der Waals surface area contributed by atoms with Crippen LogP contribution < -0.4 is 0 Å². The van der Waals surface area contributed by atoms with Crippen molar-refractivity contribution in [3.8, 4) is 0 Å². The van der Waals surface area contributed by atoms with Crippen molar-refractivity contribution in [2.24, 2.45) is 17.3 Å². The number of rotatable bonds is 7. The fourth-order valence-corrected chi connectivity index (χ4v) is 3.17. The number of nitrogens with zero attached hydrogens (tertiary/aromatic N) is 1. The maximum absolute atomic E-state index is 11.9. The third kappa shape index (κ3) is 7.00. The Balaban J connectivity index is 0.000000710. The molecule has 0 aromatic heterocycles. The van der Waals surface area contributed by atoms with Gasteiger partial charge >= 0.3 is 23.9 Å². The molecule has 10 heteroatoms. The molecule has 172 valence electrons. The molecule has 1 rings (SSSR count). The molecule has 1 amide bonds. The molecule has 0 N–H and O–H groups in total. The van der Waals surface area contributed by atoms with Gasteiger partial charge in [0.05, 0.1) is 28.4 Å². The van der Waals surface area contributed by atoms with Crippen molar-refractivity contribution in [2.45, 2.75) is 46.6 Å². The Morgan fingerprint density at radius 1 is 0.933 bits per heavy atom. The first-order valence-corrected chi connectivity index (χ1v) is 9.51. The molecule has 1 fully saturated rings. The molecule has 1 saturated heterocycles. The van der Waals surface area contributed by atoms with Crippen molar-refractivity contribution < 1.29 is 42.9 Å². The predicted octanol–water partition coefficient (Wildman–Crippen LogP) is 0.954. The summed E-state index contributed by atoms with van der Waals surface area (Å²) in [5.74, 6) is -3.22. The normalized spacial score (nSPS) is 16.0. The molecule has 0 unspecified atom stereocenters. The fourth-order valence-electron chi connectivity index (χ4n) is 3.17. The van der Waals surface area contributed by atoms with Gasteiger partial charge in [0.1, 0.15) is 0 Å². The second-order valence-corrected chi connectivity index (χ2v) is 7.50. The number of carbonyl (C=O) groups is 5. The fraction of sp³-hybridized carbons (Fsp3) is 0.750. The third-order valence-electron chi connectivity index (χ3n) is 4.94. The summed E-state index contributed by atoms with van der Waals surface area (Å²) in [6, 6.07) is 0.120. The molecular weight excluding hydrogens is 398 g/mol. The lowest BCUT2D eigenvalue weighted by atomic mass is 9.80. The van der Waals surface area contributed by atoms with E-state index in [-0.39, 0.29) is 24.3 Å². The molecular formula is C20H33NO9. The Bertz CT molecular complexity index is 612. The standard InChI is InChI=1S/C14H23NO5.C6H10O4/c1-9(2)15-8-10(6-11(15)16)7-14(3,12(17)19-4)13(18)20-5;1-4(5(7)9-2)6(8)10-3/h9-10H,6-8H2,1-5H3;4H,1-3H3/t10-;/m1./s1. The van der Waals surface area contributed by atoms with E-state index in [2.05, 4.69) is 9.47 Å². The van der Waals surface area contributed by atoms with Gasteiger partial charge in [-0.3, -0.25) is 24.0 Å². The van der Waals surface area contributed by atoms with Gasteiger partial charge in [0.2, 0.25) is 5.91 Å². The smallest absolute Gasteiger partial charge is 0.322 e. The van der Waals surface area contributed by atoms with Crippen molar-refractivity contribution in [3.05, 3.63) is 0 Å². The molecule has 1 aliphatic heterocycles. The van der Waals surface area contributed by atoms with E-state index in [0.29, 0.717) is 13.0 Å². The van der Waals surface area contributed by atoms with Crippen molar-refractivity contribution in [3.63, 3.8) is 0 Å². The van der Waals surface area contributed by atoms with Crippen molar-refractivity contribution in [1.82, 2.24) is 4.90 Å². The van der Waals surface area contributed by atoms with E-state index in [4.69, 9.17) is 9.47 Å². The van der Waals surface area contributed by atoms with E-state index >= 15 is 0 Å². The molecule has 0 bridgehead atoms. The largest absolute Gasteiger partial charge is 0.468 e. The molecule has 0 aromatic rings. The first-order valence-electron chi connectivity index (χ1n) is 9.51. The number of carbonyl (C=O) groups excluding carboxylic acids is 5. The quantitative estimate of drug-likeness (QED) is 0.329. The lowest BCUT2D eigenvalue weighted by Gasteiger charge is -2.27. The van der Waals surface area contributed by atoms with Gasteiger partial charge in [-0.2, -0.15) is 0 Å². The molecule has 0 aliphatic carbocycles. The number of hydrogen-bond acceptors (Lipinski definition) is 9. The predicted molar refractivity (Wildman–Crippen MR) is 105 cm³/mol. The summed E-state index contributed by atoms with van der Waals surface area (Å²) in [6.45, 7) is 7.38. The van der Waals surface area contributed by atoms with Gasteiger partial charge in [0.25, 0.3) is 0 Å². The van der Waals surface area contributed by atoms with Crippen LogP contribution in [0.3, 0.4) is 0 Å². The number of amides is 1. The molecule has 0 saturated carbocycles. The van der Waals surface area contributed by atoms with Gasteiger partial charge in [-0.25, -0.2) is 0 Å². The number of hydrogen-bond donors (Lipinski definition) is 0. The van der Waals surface area contributed by atoms with Crippen molar-refractivity contribution in [2.75, 3.05) is 35.0 Å². The number of esters is 4. The highest BCUT2D eigenvalue weighted by molar-refractivity contribution is 5.99. The lowest BCUT2D eigenvalue weighted by molar-refractivity contribution is -0.169. The van der Waals surface area contributed by atoms with E-state index in [1.165, 1.54) is 42.3 Å². The van der Waals surface area contributed by atoms with Crippen LogP contribution in [0.2, 0.25) is 0 Å². The van der Waals surface area contributed by atoms with Crippen LogP contribution in [0.15, 0.2) is 0 Å². The van der Waals surface area contributed by atoms with Crippen molar-refractivity contribution in [1.29, 1.82) is 0 Å². The molecule has 10 nitrogen and oxygen atoms in total. The number of ether oxygens (including phenoxy) is 4. The molecule has 0 radical (unpaired) electrons. The maximum atomic E-state index is 11.9. The first-order chi connectivity index (χ1) is 13.9. The number of methoxy groups -OCH3 is 4. The molecule has 1 aliphatic rings. The molecule has 1 atom stereocenters. The molecule has 30 heavy (non-hydrogen) atoms. The summed E-state index contributed by atoms with van der Waals surface area (Å²) in [6.07, 6.45) is 0.600. The maximum Gasteiger partial charge on any atom is 0.322 e. The monoisotopic (exact) mass is 431 g/mol. The van der Waals surface area contributed by atoms with Crippen LogP contribution in [-0.2, 0) is 42.9 Å². The van der Waals surface area contributed by atoms with Crippen molar-refractivity contribution >= 4 is 29.8 Å². The van der Waals surface area contributed by atoms with Crippen LogP contribution in [-0.4, -0.2) is 75.7 Å². The van der Waals surface area contributed by atoms with Crippen LogP contribution in [0, 0.1) is 17.3 Å². The Kier molecular flexibility index (Phi) is 11.1. The Labute approximate surface area is 177 Å². The number of likely N-dealkylation sites (tertiary alicyclic amines) is 1. The van der Waals surface area contributed by atoms with Gasteiger partial charge < -0.3 is 23.8 Å². The van der Waals surface area contributed by atoms with Gasteiger partial charge in [0.15, 0.2) is 11.3 Å². The van der Waals surface area contributed by atoms with Crippen LogP contribution in [0.1, 0.15) is 40.5 Å². The van der Waals surface area contributed by atoms with Crippen LogP contribution >= 0.6 is 0 Å². The highest BCUT2D eigenvalue weighted by atomic mass is 16.6. The summed E-state index contributed by atoms with van der Waals surface area (Å²) in [5, 5.41) is 0. The van der Waals surface area contributed by atoms with E-state index in [9.17, 15) is 24.0 Å². The molecule has 0 spiro atoms. The minimum absolute atomic E-state index is 0.0481. The minimum Gasteiger partial charge on any atom is -0.468 e. The summed E-state index contributed by atoms with van der Waals surface area (Å²) in [5.41, 5.74) is -1.36. The zero-order chi connectivity index (χ0) is 23.6. The third-order valence-corrected chi connectivity index (χ3v) is 4.94. The summed E-state index contributed by atoms with van der Waals surface area (Å²) >= 11 is 0. The molecule has 1 heterocycles. The Hall–Kier alpha value is -2.65. The van der Waals surface area contributed by atoms with E-state index in [1.807, 2.05) is 13.8 Å². The van der Waals surface area contributed by atoms with Gasteiger partial charge in [0, 0.05) is 19.0 Å². The van der Waals surface area contributed by atoms with E-state index < -0.39 is 35.2 Å². The van der Waals surface area contributed by atoms with Crippen LogP contribution in [0.25, 0.3) is 0 Å². The van der Waals surface area contributed by atoms with Gasteiger partial charge in [-0.05, 0) is 40.0 Å². The zero-order valence-electron chi connectivity index (χ0n) is 19.0. The molecule has 0 aromatic carbocycles. The van der Waals surface area contributed by atoms with Crippen LogP contribution in [0.4, 0.5) is 0 Å². The highest BCUT2D eigenvalue weighted by Crippen LogP contribution is 2.34.